The molecule has 0 spiro atoms. The van der Waals surface area contributed by atoms with Crippen LogP contribution in [0.3, 0.4) is 0 Å². The largest absolute Gasteiger partial charge is 0.313 e. The van der Waals surface area contributed by atoms with Crippen LogP contribution in [0.25, 0.3) is 0 Å². The van der Waals surface area contributed by atoms with Crippen LogP contribution < -0.4 is 5.32 Å². The van der Waals surface area contributed by atoms with Crippen molar-refractivity contribution in [2.45, 2.75) is 59.2 Å². The Morgan fingerprint density at radius 3 is 2.76 bits per heavy atom. The fourth-order valence-electron chi connectivity index (χ4n) is 2.49. The summed E-state index contributed by atoms with van der Waals surface area (Å²) in [6.45, 7) is 9.26. The third kappa shape index (κ3) is 4.43. The molecule has 0 fully saturated rings. The Labute approximate surface area is 127 Å². The van der Waals surface area contributed by atoms with Crippen molar-refractivity contribution in [3.05, 3.63) is 35.9 Å². The first kappa shape index (κ1) is 15.8. The SMILES string of the molecule is CCCNCc1cnn(Cc2ccn(C(CC)CC)n2)c1. The first-order valence-corrected chi connectivity index (χ1v) is 8.02. The molecule has 0 aliphatic carbocycles. The van der Waals surface area contributed by atoms with Crippen molar-refractivity contribution in [2.75, 3.05) is 6.54 Å². The van der Waals surface area contributed by atoms with E-state index in [1.807, 2.05) is 10.9 Å². The van der Waals surface area contributed by atoms with E-state index in [2.05, 4.69) is 59.4 Å². The van der Waals surface area contributed by atoms with Gasteiger partial charge in [0.15, 0.2) is 0 Å². The smallest absolute Gasteiger partial charge is 0.0849 e. The average molecular weight is 289 g/mol. The summed E-state index contributed by atoms with van der Waals surface area (Å²) >= 11 is 0. The van der Waals surface area contributed by atoms with E-state index in [4.69, 9.17) is 0 Å². The highest BCUT2D eigenvalue weighted by atomic mass is 15.3. The van der Waals surface area contributed by atoms with E-state index >= 15 is 0 Å². The van der Waals surface area contributed by atoms with Gasteiger partial charge in [0, 0.05) is 24.5 Å². The summed E-state index contributed by atoms with van der Waals surface area (Å²) < 4.78 is 4.05. The summed E-state index contributed by atoms with van der Waals surface area (Å²) in [7, 11) is 0. The van der Waals surface area contributed by atoms with Gasteiger partial charge >= 0.3 is 0 Å². The quantitative estimate of drug-likeness (QED) is 0.722. The van der Waals surface area contributed by atoms with Crippen LogP contribution >= 0.6 is 0 Å². The summed E-state index contributed by atoms with van der Waals surface area (Å²) in [4.78, 5) is 0. The Morgan fingerprint density at radius 1 is 1.24 bits per heavy atom. The highest BCUT2D eigenvalue weighted by Crippen LogP contribution is 2.14. The molecule has 0 radical (unpaired) electrons. The zero-order valence-corrected chi connectivity index (χ0v) is 13.4. The lowest BCUT2D eigenvalue weighted by Crippen LogP contribution is -2.13. The van der Waals surface area contributed by atoms with Gasteiger partial charge in [0.25, 0.3) is 0 Å². The van der Waals surface area contributed by atoms with Crippen molar-refractivity contribution in [3.63, 3.8) is 0 Å². The van der Waals surface area contributed by atoms with E-state index in [1.165, 1.54) is 5.56 Å². The molecule has 2 aromatic heterocycles. The van der Waals surface area contributed by atoms with Crippen molar-refractivity contribution >= 4 is 0 Å². The molecule has 0 atom stereocenters. The van der Waals surface area contributed by atoms with Gasteiger partial charge < -0.3 is 5.32 Å². The lowest BCUT2D eigenvalue weighted by molar-refractivity contribution is 0.424. The molecule has 1 N–H and O–H groups in total. The molecular weight excluding hydrogens is 262 g/mol. The molecule has 21 heavy (non-hydrogen) atoms. The van der Waals surface area contributed by atoms with Crippen LogP contribution in [-0.2, 0) is 13.1 Å². The summed E-state index contributed by atoms with van der Waals surface area (Å²) in [6.07, 6.45) is 9.50. The maximum atomic E-state index is 4.67. The van der Waals surface area contributed by atoms with Crippen LogP contribution in [0.1, 0.15) is 57.3 Å². The molecular formula is C16H27N5. The minimum Gasteiger partial charge on any atom is -0.313 e. The van der Waals surface area contributed by atoms with Crippen LogP contribution in [0.4, 0.5) is 0 Å². The number of hydrogen-bond acceptors (Lipinski definition) is 3. The minimum absolute atomic E-state index is 0.505. The first-order valence-electron chi connectivity index (χ1n) is 8.02. The van der Waals surface area contributed by atoms with E-state index in [1.54, 1.807) is 0 Å². The molecule has 0 aliphatic heterocycles. The highest BCUT2D eigenvalue weighted by molar-refractivity contribution is 5.06. The lowest BCUT2D eigenvalue weighted by Gasteiger charge is -2.12. The van der Waals surface area contributed by atoms with Gasteiger partial charge in [-0.25, -0.2) is 0 Å². The average Bonchev–Trinajstić information content (AvgIpc) is 3.11. The molecule has 0 saturated heterocycles. The maximum absolute atomic E-state index is 4.67. The third-order valence-corrected chi connectivity index (χ3v) is 3.75. The minimum atomic E-state index is 0.505. The van der Waals surface area contributed by atoms with Crippen LogP contribution in [0.2, 0.25) is 0 Å². The standard InChI is InChI=1S/C16H27N5/c1-4-8-17-10-14-11-18-20(12-14)13-15-7-9-21(19-15)16(5-2)6-3/h7,9,11-12,16-17H,4-6,8,10,13H2,1-3H3. The van der Waals surface area contributed by atoms with Gasteiger partial charge in [-0.3, -0.25) is 9.36 Å². The van der Waals surface area contributed by atoms with Crippen molar-refractivity contribution < 1.29 is 0 Å². The van der Waals surface area contributed by atoms with Gasteiger partial charge in [-0.05, 0) is 31.9 Å². The van der Waals surface area contributed by atoms with Crippen LogP contribution in [0, 0.1) is 0 Å². The monoisotopic (exact) mass is 289 g/mol. The fourth-order valence-corrected chi connectivity index (χ4v) is 2.49. The molecule has 2 heterocycles. The second-order valence-corrected chi connectivity index (χ2v) is 5.48. The second-order valence-electron chi connectivity index (χ2n) is 5.48. The molecule has 0 amide bonds. The number of nitrogens with one attached hydrogen (secondary N) is 1. The number of rotatable bonds is 9. The van der Waals surface area contributed by atoms with Gasteiger partial charge in [-0.1, -0.05) is 20.8 Å². The fraction of sp³-hybridized carbons (Fsp3) is 0.625. The van der Waals surface area contributed by atoms with Crippen molar-refractivity contribution in [1.82, 2.24) is 24.9 Å². The zero-order chi connectivity index (χ0) is 15.1. The number of nitrogens with zero attached hydrogens (tertiary/aromatic N) is 4. The molecule has 2 aromatic rings. The number of hydrogen-bond donors (Lipinski definition) is 1. The van der Waals surface area contributed by atoms with Crippen molar-refractivity contribution in [3.8, 4) is 0 Å². The van der Waals surface area contributed by atoms with Crippen LogP contribution in [-0.4, -0.2) is 26.1 Å². The Bertz CT molecular complexity index is 524. The topological polar surface area (TPSA) is 47.7 Å². The van der Waals surface area contributed by atoms with Crippen LogP contribution in [0.15, 0.2) is 24.7 Å². The lowest BCUT2D eigenvalue weighted by atomic mass is 10.2. The van der Waals surface area contributed by atoms with Gasteiger partial charge in [0.2, 0.25) is 0 Å². The zero-order valence-electron chi connectivity index (χ0n) is 13.4. The molecule has 0 aromatic carbocycles. The van der Waals surface area contributed by atoms with E-state index in [0.717, 1.165) is 44.6 Å². The molecule has 0 bridgehead atoms. The predicted octanol–water partition coefficient (Wildman–Crippen LogP) is 2.99. The van der Waals surface area contributed by atoms with Gasteiger partial charge in [0.05, 0.1) is 24.5 Å². The Kier molecular flexibility index (Phi) is 5.99. The molecule has 116 valence electrons. The molecule has 0 unspecified atom stereocenters. The van der Waals surface area contributed by atoms with E-state index in [0.29, 0.717) is 6.04 Å². The Morgan fingerprint density at radius 2 is 2.05 bits per heavy atom. The third-order valence-electron chi connectivity index (χ3n) is 3.75. The number of aromatic nitrogens is 4. The van der Waals surface area contributed by atoms with Crippen molar-refractivity contribution in [2.24, 2.45) is 0 Å². The molecule has 5 nitrogen and oxygen atoms in total. The Hall–Kier alpha value is -1.62. The van der Waals surface area contributed by atoms with E-state index in [9.17, 15) is 0 Å². The first-order chi connectivity index (χ1) is 10.3. The summed E-state index contributed by atoms with van der Waals surface area (Å²) in [5, 5.41) is 12.5. The molecule has 0 aliphatic rings. The Balaban J connectivity index is 1.92. The molecule has 0 saturated carbocycles. The molecule has 2 rings (SSSR count). The summed E-state index contributed by atoms with van der Waals surface area (Å²) in [5.41, 5.74) is 2.29. The normalized spacial score (nSPS) is 11.4. The van der Waals surface area contributed by atoms with Gasteiger partial charge in [-0.2, -0.15) is 10.2 Å². The van der Waals surface area contributed by atoms with Gasteiger partial charge in [-0.15, -0.1) is 0 Å². The maximum Gasteiger partial charge on any atom is 0.0849 e. The van der Waals surface area contributed by atoms with E-state index < -0.39 is 0 Å². The summed E-state index contributed by atoms with van der Waals surface area (Å²) in [5.74, 6) is 0. The highest BCUT2D eigenvalue weighted by Gasteiger charge is 2.08. The van der Waals surface area contributed by atoms with E-state index in [-0.39, 0.29) is 0 Å². The second kappa shape index (κ2) is 7.98. The van der Waals surface area contributed by atoms with Crippen molar-refractivity contribution in [1.29, 1.82) is 0 Å². The van der Waals surface area contributed by atoms with Gasteiger partial charge in [0.1, 0.15) is 0 Å². The predicted molar refractivity (Wildman–Crippen MR) is 85.2 cm³/mol. The summed E-state index contributed by atoms with van der Waals surface area (Å²) in [6, 6.07) is 2.60. The van der Waals surface area contributed by atoms with Crippen LogP contribution in [0.5, 0.6) is 0 Å². The molecule has 5 heteroatoms.